The van der Waals surface area contributed by atoms with Crippen LogP contribution in [0.5, 0.6) is 11.5 Å². The normalized spacial score (nSPS) is 9.68. The van der Waals surface area contributed by atoms with Crippen LogP contribution in [-0.2, 0) is 16.1 Å². The molecule has 0 heterocycles. The molecule has 124 valence electrons. The Balaban J connectivity index is 0.000000626. The quantitative estimate of drug-likeness (QED) is 0.772. The fourth-order valence-electron chi connectivity index (χ4n) is 1.69. The number of aliphatic carboxylic acids is 2. The van der Waals surface area contributed by atoms with Crippen LogP contribution in [0.1, 0.15) is 19.4 Å². The van der Waals surface area contributed by atoms with E-state index < -0.39 is 11.9 Å². The van der Waals surface area contributed by atoms with Crippen LogP contribution in [0.15, 0.2) is 18.2 Å². The predicted molar refractivity (Wildman–Crippen MR) is 81.4 cm³/mol. The number of carbonyl (C=O) groups is 2. The highest BCUT2D eigenvalue weighted by Gasteiger charge is 2.08. The molecule has 7 heteroatoms. The predicted octanol–water partition coefficient (Wildman–Crippen LogP) is 1.70. The lowest BCUT2D eigenvalue weighted by Gasteiger charge is -2.20. The number of hydrogen-bond donors (Lipinski definition) is 2. The molecule has 0 atom stereocenters. The Hall–Kier alpha value is -2.28. The molecule has 1 aromatic rings. The second-order valence-corrected chi connectivity index (χ2v) is 4.25. The third kappa shape index (κ3) is 6.94. The van der Waals surface area contributed by atoms with Crippen molar-refractivity contribution in [1.29, 1.82) is 0 Å². The van der Waals surface area contributed by atoms with Gasteiger partial charge in [-0.2, -0.15) is 0 Å². The number of carboxylic acid groups (broad SMARTS) is 2. The van der Waals surface area contributed by atoms with Crippen LogP contribution in [0.4, 0.5) is 0 Å². The van der Waals surface area contributed by atoms with Crippen LogP contribution >= 0.6 is 0 Å². The maximum atomic E-state index is 9.10. The molecule has 7 nitrogen and oxygen atoms in total. The monoisotopic (exact) mass is 313 g/mol. The van der Waals surface area contributed by atoms with E-state index in [0.717, 1.165) is 31.1 Å². The van der Waals surface area contributed by atoms with E-state index in [9.17, 15) is 0 Å². The summed E-state index contributed by atoms with van der Waals surface area (Å²) < 4.78 is 10.6. The summed E-state index contributed by atoms with van der Waals surface area (Å²) in [6, 6.07) is 5.92. The van der Waals surface area contributed by atoms with E-state index in [4.69, 9.17) is 29.3 Å². The number of carboxylic acids is 2. The highest BCUT2D eigenvalue weighted by atomic mass is 16.5. The number of hydrogen-bond acceptors (Lipinski definition) is 5. The summed E-state index contributed by atoms with van der Waals surface area (Å²) in [6.45, 7) is 7.30. The molecule has 2 N–H and O–H groups in total. The summed E-state index contributed by atoms with van der Waals surface area (Å²) >= 11 is 0. The first kappa shape index (κ1) is 19.7. The van der Waals surface area contributed by atoms with Crippen molar-refractivity contribution >= 4 is 11.9 Å². The largest absolute Gasteiger partial charge is 0.497 e. The zero-order valence-corrected chi connectivity index (χ0v) is 13.3. The molecule has 0 aromatic heterocycles. The highest BCUT2D eigenvalue weighted by molar-refractivity contribution is 6.27. The maximum Gasteiger partial charge on any atom is 0.414 e. The van der Waals surface area contributed by atoms with Crippen molar-refractivity contribution in [2.75, 3.05) is 27.3 Å². The molecule has 0 aliphatic rings. The average Bonchev–Trinajstić information content (AvgIpc) is 2.52. The van der Waals surface area contributed by atoms with Gasteiger partial charge in [-0.3, -0.25) is 4.90 Å². The summed E-state index contributed by atoms with van der Waals surface area (Å²) in [5, 5.41) is 14.8. The molecule has 0 saturated carbocycles. The Morgan fingerprint density at radius 1 is 1.05 bits per heavy atom. The first-order valence-electron chi connectivity index (χ1n) is 6.78. The third-order valence-corrected chi connectivity index (χ3v) is 2.96. The summed E-state index contributed by atoms with van der Waals surface area (Å²) in [5.74, 6) is -1.85. The van der Waals surface area contributed by atoms with Crippen LogP contribution < -0.4 is 9.47 Å². The molecule has 1 rings (SSSR count). The molecule has 22 heavy (non-hydrogen) atoms. The van der Waals surface area contributed by atoms with Gasteiger partial charge in [-0.05, 0) is 31.3 Å². The van der Waals surface area contributed by atoms with E-state index in [0.29, 0.717) is 0 Å². The van der Waals surface area contributed by atoms with Crippen LogP contribution in [0, 0.1) is 0 Å². The van der Waals surface area contributed by atoms with Crippen molar-refractivity contribution in [2.24, 2.45) is 0 Å². The van der Waals surface area contributed by atoms with Crippen LogP contribution in [0.25, 0.3) is 0 Å². The zero-order chi connectivity index (χ0) is 17.1. The van der Waals surface area contributed by atoms with Gasteiger partial charge in [-0.15, -0.1) is 0 Å². The van der Waals surface area contributed by atoms with E-state index in [1.54, 1.807) is 14.2 Å². The van der Waals surface area contributed by atoms with Gasteiger partial charge in [0.2, 0.25) is 0 Å². The van der Waals surface area contributed by atoms with Gasteiger partial charge in [0.15, 0.2) is 0 Å². The van der Waals surface area contributed by atoms with Crippen molar-refractivity contribution in [2.45, 2.75) is 20.4 Å². The fourth-order valence-corrected chi connectivity index (χ4v) is 1.69. The fraction of sp³-hybridized carbons (Fsp3) is 0.467. The molecule has 0 bridgehead atoms. The summed E-state index contributed by atoms with van der Waals surface area (Å²) in [5.41, 5.74) is 1.17. The lowest BCUT2D eigenvalue weighted by molar-refractivity contribution is -0.159. The summed E-state index contributed by atoms with van der Waals surface area (Å²) in [7, 11) is 3.39. The molecular weight excluding hydrogens is 290 g/mol. The highest BCUT2D eigenvalue weighted by Crippen LogP contribution is 2.25. The van der Waals surface area contributed by atoms with Gasteiger partial charge >= 0.3 is 11.9 Å². The van der Waals surface area contributed by atoms with Gasteiger partial charge in [0.1, 0.15) is 11.5 Å². The second kappa shape index (κ2) is 10.4. The van der Waals surface area contributed by atoms with Gasteiger partial charge in [0.25, 0.3) is 0 Å². The first-order chi connectivity index (χ1) is 10.4. The minimum atomic E-state index is -1.82. The van der Waals surface area contributed by atoms with Crippen molar-refractivity contribution in [1.82, 2.24) is 4.90 Å². The van der Waals surface area contributed by atoms with Crippen LogP contribution in [0.2, 0.25) is 0 Å². The van der Waals surface area contributed by atoms with Crippen molar-refractivity contribution in [3.63, 3.8) is 0 Å². The average molecular weight is 313 g/mol. The van der Waals surface area contributed by atoms with Gasteiger partial charge < -0.3 is 19.7 Å². The molecule has 1 aromatic carbocycles. The summed E-state index contributed by atoms with van der Waals surface area (Å²) in [6.07, 6.45) is 0. The van der Waals surface area contributed by atoms with Crippen molar-refractivity contribution in [3.05, 3.63) is 23.8 Å². The molecule has 0 saturated heterocycles. The van der Waals surface area contributed by atoms with E-state index in [1.807, 2.05) is 18.2 Å². The molecule has 0 aliphatic heterocycles. The molecule has 0 fully saturated rings. The first-order valence-corrected chi connectivity index (χ1v) is 6.78. The van der Waals surface area contributed by atoms with Crippen molar-refractivity contribution in [3.8, 4) is 11.5 Å². The Kier molecular flexibility index (Phi) is 9.36. The third-order valence-electron chi connectivity index (χ3n) is 2.96. The maximum absolute atomic E-state index is 9.10. The van der Waals surface area contributed by atoms with Crippen LogP contribution in [-0.4, -0.2) is 54.4 Å². The lowest BCUT2D eigenvalue weighted by atomic mass is 10.1. The topological polar surface area (TPSA) is 96.3 Å². The van der Waals surface area contributed by atoms with E-state index in [-0.39, 0.29) is 0 Å². The molecule has 0 unspecified atom stereocenters. The Morgan fingerprint density at radius 3 is 1.95 bits per heavy atom. The number of nitrogens with zero attached hydrogens (tertiary/aromatic N) is 1. The molecule has 0 radical (unpaired) electrons. The Labute approximate surface area is 130 Å². The molecule has 0 amide bonds. The minimum absolute atomic E-state index is 0.878. The van der Waals surface area contributed by atoms with Crippen LogP contribution in [0.3, 0.4) is 0 Å². The Morgan fingerprint density at radius 2 is 1.59 bits per heavy atom. The number of ether oxygens (including phenoxy) is 2. The van der Waals surface area contributed by atoms with Crippen molar-refractivity contribution < 1.29 is 29.3 Å². The van der Waals surface area contributed by atoms with E-state index in [2.05, 4.69) is 18.7 Å². The van der Waals surface area contributed by atoms with Gasteiger partial charge in [-0.25, -0.2) is 9.59 Å². The lowest BCUT2D eigenvalue weighted by Crippen LogP contribution is -2.22. The zero-order valence-electron chi connectivity index (χ0n) is 13.3. The number of benzene rings is 1. The van der Waals surface area contributed by atoms with Gasteiger partial charge in [0.05, 0.1) is 14.2 Å². The standard InChI is InChI=1S/C13H21NO2.C2H2O4/c1-5-14(6-2)10-11-9-12(15-3)7-8-13(11)16-4;3-1(4)2(5)6/h7-9H,5-6,10H2,1-4H3;(H,3,4)(H,5,6). The second-order valence-electron chi connectivity index (χ2n) is 4.25. The molecule has 0 aliphatic carbocycles. The van der Waals surface area contributed by atoms with Gasteiger partial charge in [-0.1, -0.05) is 13.8 Å². The van der Waals surface area contributed by atoms with E-state index >= 15 is 0 Å². The Bertz CT molecular complexity index is 473. The van der Waals surface area contributed by atoms with Gasteiger partial charge in [0, 0.05) is 12.1 Å². The SMILES string of the molecule is CCN(CC)Cc1cc(OC)ccc1OC.O=C(O)C(=O)O. The molecular formula is C15H23NO6. The minimum Gasteiger partial charge on any atom is -0.497 e. The summed E-state index contributed by atoms with van der Waals surface area (Å²) in [4.78, 5) is 20.5. The number of methoxy groups -OCH3 is 2. The smallest absolute Gasteiger partial charge is 0.414 e. The molecule has 0 spiro atoms. The van der Waals surface area contributed by atoms with E-state index in [1.165, 1.54) is 5.56 Å². The number of rotatable bonds is 6.